The van der Waals surface area contributed by atoms with Crippen molar-refractivity contribution in [1.82, 2.24) is 0 Å². The SMILES string of the molecule is CCC(O)CCc1cc(OC(F)F)cc(OC(F)F)c1. The summed E-state index contributed by atoms with van der Waals surface area (Å²) in [6.07, 6.45) is 0.750. The molecule has 1 unspecified atom stereocenters. The van der Waals surface area contributed by atoms with Crippen molar-refractivity contribution in [2.45, 2.75) is 45.5 Å². The molecule has 0 fully saturated rings. The Hall–Kier alpha value is -1.50. The van der Waals surface area contributed by atoms with Crippen LogP contribution in [0.1, 0.15) is 25.3 Å². The summed E-state index contributed by atoms with van der Waals surface area (Å²) in [4.78, 5) is 0. The van der Waals surface area contributed by atoms with E-state index in [-0.39, 0.29) is 11.5 Å². The topological polar surface area (TPSA) is 38.7 Å². The van der Waals surface area contributed by atoms with E-state index in [0.717, 1.165) is 6.07 Å². The van der Waals surface area contributed by atoms with Gasteiger partial charge in [-0.25, -0.2) is 0 Å². The number of benzene rings is 1. The lowest BCUT2D eigenvalue weighted by atomic mass is 10.0. The molecule has 1 N–H and O–H groups in total. The standard InChI is InChI=1S/C13H16F4O3/c1-2-9(18)4-3-8-5-10(19-12(14)15)7-11(6-8)20-13(16)17/h5-7,9,12-13,18H,2-4H2,1H3. The Morgan fingerprint density at radius 3 is 1.90 bits per heavy atom. The molecule has 0 radical (unpaired) electrons. The van der Waals surface area contributed by atoms with Gasteiger partial charge in [0.1, 0.15) is 11.5 Å². The van der Waals surface area contributed by atoms with Gasteiger partial charge >= 0.3 is 13.2 Å². The van der Waals surface area contributed by atoms with E-state index >= 15 is 0 Å². The molecule has 0 heterocycles. The maximum atomic E-state index is 12.2. The second kappa shape index (κ2) is 7.94. The van der Waals surface area contributed by atoms with Crippen LogP contribution in [0, 0.1) is 0 Å². The Bertz CT molecular complexity index is 384. The fourth-order valence-corrected chi connectivity index (χ4v) is 1.65. The average Bonchev–Trinajstić information content (AvgIpc) is 2.34. The first-order valence-electron chi connectivity index (χ1n) is 6.12. The summed E-state index contributed by atoms with van der Waals surface area (Å²) >= 11 is 0. The summed E-state index contributed by atoms with van der Waals surface area (Å²) in [7, 11) is 0. The molecule has 0 bridgehead atoms. The lowest BCUT2D eigenvalue weighted by Crippen LogP contribution is -2.08. The van der Waals surface area contributed by atoms with Gasteiger partial charge in [-0.05, 0) is 37.0 Å². The quantitative estimate of drug-likeness (QED) is 0.745. The molecule has 0 aliphatic carbocycles. The predicted octanol–water partition coefficient (Wildman–Crippen LogP) is 3.59. The minimum absolute atomic E-state index is 0.251. The van der Waals surface area contributed by atoms with E-state index in [0.29, 0.717) is 24.8 Å². The van der Waals surface area contributed by atoms with E-state index in [1.807, 2.05) is 0 Å². The molecular weight excluding hydrogens is 280 g/mol. The first kappa shape index (κ1) is 16.6. The van der Waals surface area contributed by atoms with Crippen molar-refractivity contribution in [3.8, 4) is 11.5 Å². The van der Waals surface area contributed by atoms with Gasteiger partial charge in [0.05, 0.1) is 6.10 Å². The summed E-state index contributed by atoms with van der Waals surface area (Å²) in [5, 5.41) is 9.45. The monoisotopic (exact) mass is 296 g/mol. The number of alkyl halides is 4. The Morgan fingerprint density at radius 2 is 1.50 bits per heavy atom. The summed E-state index contributed by atoms with van der Waals surface area (Å²) in [6.45, 7) is -4.30. The van der Waals surface area contributed by atoms with Crippen molar-refractivity contribution in [2.24, 2.45) is 0 Å². The molecule has 0 aliphatic heterocycles. The van der Waals surface area contributed by atoms with Crippen LogP contribution in [0.4, 0.5) is 17.6 Å². The van der Waals surface area contributed by atoms with Gasteiger partial charge in [-0.3, -0.25) is 0 Å². The van der Waals surface area contributed by atoms with Crippen molar-refractivity contribution < 1.29 is 32.1 Å². The van der Waals surface area contributed by atoms with Crippen molar-refractivity contribution in [2.75, 3.05) is 0 Å². The third-order valence-electron chi connectivity index (χ3n) is 2.63. The van der Waals surface area contributed by atoms with Gasteiger partial charge in [0, 0.05) is 6.07 Å². The summed E-state index contributed by atoms with van der Waals surface area (Å²) in [6, 6.07) is 3.60. The number of halogens is 4. The smallest absolute Gasteiger partial charge is 0.387 e. The third-order valence-corrected chi connectivity index (χ3v) is 2.63. The molecule has 0 spiro atoms. The van der Waals surface area contributed by atoms with E-state index in [2.05, 4.69) is 9.47 Å². The molecule has 1 atom stereocenters. The maximum Gasteiger partial charge on any atom is 0.387 e. The van der Waals surface area contributed by atoms with Crippen molar-refractivity contribution in [1.29, 1.82) is 0 Å². The number of rotatable bonds is 8. The van der Waals surface area contributed by atoms with Gasteiger partial charge in [0.15, 0.2) is 0 Å². The zero-order valence-electron chi connectivity index (χ0n) is 10.9. The number of hydrogen-bond acceptors (Lipinski definition) is 3. The zero-order chi connectivity index (χ0) is 15.1. The van der Waals surface area contributed by atoms with Crippen LogP contribution in [0.3, 0.4) is 0 Å². The van der Waals surface area contributed by atoms with Gasteiger partial charge in [-0.15, -0.1) is 0 Å². The van der Waals surface area contributed by atoms with E-state index in [1.54, 1.807) is 6.92 Å². The molecule has 1 rings (SSSR count). The number of aryl methyl sites for hydroxylation is 1. The highest BCUT2D eigenvalue weighted by atomic mass is 19.3. The highest BCUT2D eigenvalue weighted by Crippen LogP contribution is 2.26. The lowest BCUT2D eigenvalue weighted by molar-refractivity contribution is -0.0543. The Labute approximate surface area is 114 Å². The Balaban J connectivity index is 2.85. The fourth-order valence-electron chi connectivity index (χ4n) is 1.65. The van der Waals surface area contributed by atoms with Gasteiger partial charge < -0.3 is 14.6 Å². The van der Waals surface area contributed by atoms with Crippen LogP contribution < -0.4 is 9.47 Å². The van der Waals surface area contributed by atoms with Gasteiger partial charge in [0.2, 0.25) is 0 Å². The summed E-state index contributed by atoms with van der Waals surface area (Å²) in [5.74, 6) is -0.502. The maximum absolute atomic E-state index is 12.2. The van der Waals surface area contributed by atoms with E-state index in [1.165, 1.54) is 12.1 Å². The molecule has 20 heavy (non-hydrogen) atoms. The predicted molar refractivity (Wildman–Crippen MR) is 64.3 cm³/mol. The summed E-state index contributed by atoms with van der Waals surface area (Å²) in [5.41, 5.74) is 0.478. The Morgan fingerprint density at radius 1 is 1.00 bits per heavy atom. The van der Waals surface area contributed by atoms with Crippen LogP contribution in [-0.4, -0.2) is 24.4 Å². The number of aliphatic hydroxyl groups is 1. The van der Waals surface area contributed by atoms with Gasteiger partial charge in [-0.2, -0.15) is 17.6 Å². The highest BCUT2D eigenvalue weighted by molar-refractivity contribution is 5.38. The van der Waals surface area contributed by atoms with Crippen LogP contribution >= 0.6 is 0 Å². The second-order valence-corrected chi connectivity index (χ2v) is 4.17. The molecule has 1 aromatic rings. The fraction of sp³-hybridized carbons (Fsp3) is 0.538. The molecule has 0 saturated heterocycles. The lowest BCUT2D eigenvalue weighted by Gasteiger charge is -2.12. The number of hydrogen-bond donors (Lipinski definition) is 1. The normalized spacial score (nSPS) is 12.8. The van der Waals surface area contributed by atoms with E-state index in [4.69, 9.17) is 0 Å². The van der Waals surface area contributed by atoms with Crippen LogP contribution in [-0.2, 0) is 6.42 Å². The largest absolute Gasteiger partial charge is 0.435 e. The minimum Gasteiger partial charge on any atom is -0.435 e. The van der Waals surface area contributed by atoms with Crippen molar-refractivity contribution >= 4 is 0 Å². The molecule has 114 valence electrons. The van der Waals surface area contributed by atoms with Crippen molar-refractivity contribution in [3.05, 3.63) is 23.8 Å². The van der Waals surface area contributed by atoms with Crippen LogP contribution in [0.5, 0.6) is 11.5 Å². The van der Waals surface area contributed by atoms with Crippen LogP contribution in [0.25, 0.3) is 0 Å². The van der Waals surface area contributed by atoms with E-state index < -0.39 is 19.3 Å². The van der Waals surface area contributed by atoms with Gasteiger partial charge in [-0.1, -0.05) is 6.92 Å². The van der Waals surface area contributed by atoms with Crippen molar-refractivity contribution in [3.63, 3.8) is 0 Å². The third kappa shape index (κ3) is 6.10. The summed E-state index contributed by atoms with van der Waals surface area (Å²) < 4.78 is 57.0. The van der Waals surface area contributed by atoms with E-state index in [9.17, 15) is 22.7 Å². The Kier molecular flexibility index (Phi) is 6.57. The van der Waals surface area contributed by atoms with Crippen LogP contribution in [0.15, 0.2) is 18.2 Å². The molecule has 7 heteroatoms. The molecule has 0 aliphatic rings. The second-order valence-electron chi connectivity index (χ2n) is 4.17. The molecule has 0 amide bonds. The molecule has 1 aromatic carbocycles. The number of ether oxygens (including phenoxy) is 2. The molecule has 0 aromatic heterocycles. The molecule has 3 nitrogen and oxygen atoms in total. The molecular formula is C13H16F4O3. The van der Waals surface area contributed by atoms with Gasteiger partial charge in [0.25, 0.3) is 0 Å². The van der Waals surface area contributed by atoms with Crippen LogP contribution in [0.2, 0.25) is 0 Å². The zero-order valence-corrected chi connectivity index (χ0v) is 10.9. The molecule has 0 saturated carbocycles. The average molecular weight is 296 g/mol. The minimum atomic E-state index is -3.05. The number of aliphatic hydroxyl groups excluding tert-OH is 1. The highest BCUT2D eigenvalue weighted by Gasteiger charge is 2.12. The first-order valence-corrected chi connectivity index (χ1v) is 6.12. The first-order chi connectivity index (χ1) is 9.40.